The van der Waals surface area contributed by atoms with Gasteiger partial charge in [0.25, 0.3) is 11.6 Å². The van der Waals surface area contributed by atoms with Crippen molar-refractivity contribution in [2.24, 2.45) is 11.0 Å². The monoisotopic (exact) mass is 787 g/mol. The Kier molecular flexibility index (Phi) is 9.92. The Bertz CT molecular complexity index is 2280. The molecule has 4 heterocycles. The van der Waals surface area contributed by atoms with Crippen LogP contribution < -0.4 is 9.91 Å². The quantitative estimate of drug-likeness (QED) is 0.122. The number of non-ortho nitro benzene ring substituents is 1. The van der Waals surface area contributed by atoms with Gasteiger partial charge in [0.1, 0.15) is 0 Å². The number of nitro benzene ring substituents is 1. The molecule has 2 N–H and O–H groups in total. The molecule has 14 heteroatoms. The van der Waals surface area contributed by atoms with Gasteiger partial charge in [-0.2, -0.15) is 5.10 Å². The average Bonchev–Trinajstić information content (AvgIpc) is 3.63. The molecule has 4 aromatic rings. The van der Waals surface area contributed by atoms with Crippen LogP contribution in [0, 0.1) is 16.0 Å². The number of aliphatic hydroxyl groups is 1. The van der Waals surface area contributed by atoms with Gasteiger partial charge in [-0.05, 0) is 60.0 Å². The van der Waals surface area contributed by atoms with E-state index in [0.29, 0.717) is 42.7 Å². The summed E-state index contributed by atoms with van der Waals surface area (Å²) in [6.07, 6.45) is 0.325. The lowest BCUT2D eigenvalue weighted by molar-refractivity contribution is -0.385. The summed E-state index contributed by atoms with van der Waals surface area (Å²) in [5.74, 6) is -1.48. The zero-order valence-electron chi connectivity index (χ0n) is 32.1. The van der Waals surface area contributed by atoms with E-state index in [9.17, 15) is 29.6 Å². The van der Waals surface area contributed by atoms with Crippen molar-refractivity contribution in [1.82, 2.24) is 4.90 Å². The van der Waals surface area contributed by atoms with E-state index in [1.807, 2.05) is 73.7 Å². The lowest BCUT2D eigenvalue weighted by Gasteiger charge is -2.37. The van der Waals surface area contributed by atoms with Crippen molar-refractivity contribution in [2.75, 3.05) is 16.5 Å². The molecule has 1 fully saturated rings. The second-order valence-corrected chi connectivity index (χ2v) is 20.0. The van der Waals surface area contributed by atoms with Gasteiger partial charge in [-0.3, -0.25) is 24.5 Å². The molecule has 0 radical (unpaired) electrons. The third-order valence-electron chi connectivity index (χ3n) is 12.1. The van der Waals surface area contributed by atoms with Crippen LogP contribution in [0.4, 0.5) is 17.1 Å². The molecule has 3 amide bonds. The molecule has 57 heavy (non-hydrogen) atoms. The smallest absolute Gasteiger partial charge is 0.269 e. The van der Waals surface area contributed by atoms with Gasteiger partial charge < -0.3 is 24.4 Å². The maximum Gasteiger partial charge on any atom is 0.269 e. The van der Waals surface area contributed by atoms with Crippen molar-refractivity contribution in [3.05, 3.63) is 135 Å². The van der Waals surface area contributed by atoms with E-state index < -0.39 is 48.4 Å². The van der Waals surface area contributed by atoms with Crippen LogP contribution in [-0.4, -0.2) is 70.2 Å². The van der Waals surface area contributed by atoms with Gasteiger partial charge in [0, 0.05) is 48.5 Å². The minimum atomic E-state index is -3.17. The van der Waals surface area contributed by atoms with E-state index >= 15 is 4.79 Å². The maximum atomic E-state index is 15.0. The first kappa shape index (κ1) is 38.3. The number of hydrazone groups is 1. The van der Waals surface area contributed by atoms with Gasteiger partial charge in [-0.15, -0.1) is 0 Å². The standard InChI is InChI=1S/C43H45N5O8Si/c1-27-41(57(2,3)55)38(23-40(51)45-25-31-12-8-7-11-30(31)21-34(45)26-49)56-43(27)35-22-33(48(53)54)17-19-37(35)46(42(43)52)24-28-13-15-32(16-14-28)47-39(50)20-18-36(44-47)29-9-5-4-6-10-29/h4-17,19,22,27,34,38,41,49,55H,18,20-21,23-26H2,1-3H3/t27-,34+,38+,41-,43+/m1/s1. The minimum Gasteiger partial charge on any atom is -0.432 e. The van der Waals surface area contributed by atoms with E-state index in [1.165, 1.54) is 17.1 Å². The van der Waals surface area contributed by atoms with Crippen LogP contribution in [0.15, 0.2) is 102 Å². The SMILES string of the molecule is C[C@@H]1[C@@H]([Si](C)(C)O)[C@H](CC(=O)N2Cc3ccccc3C[C@H]2CO)O[C@@]12C(=O)N(Cc1ccc(N3N=C(c4ccccc4)CCC3=O)cc1)c1ccc([N+](=O)[O-])cc12. The summed E-state index contributed by atoms with van der Waals surface area (Å²) in [5.41, 5.74) is 3.39. The first-order valence-corrected chi connectivity index (χ1v) is 22.4. The zero-order chi connectivity index (χ0) is 40.2. The van der Waals surface area contributed by atoms with Crippen LogP contribution in [-0.2, 0) is 44.2 Å². The highest BCUT2D eigenvalue weighted by Crippen LogP contribution is 2.60. The number of fused-ring (bicyclic) bond motifs is 3. The number of carbonyl (C=O) groups excluding carboxylic acids is 3. The van der Waals surface area contributed by atoms with Crippen molar-refractivity contribution >= 4 is 48.8 Å². The fourth-order valence-electron chi connectivity index (χ4n) is 9.39. The molecule has 4 aliphatic heterocycles. The first-order valence-electron chi connectivity index (χ1n) is 19.3. The predicted octanol–water partition coefficient (Wildman–Crippen LogP) is 5.81. The van der Waals surface area contributed by atoms with Gasteiger partial charge in [-0.25, -0.2) is 5.01 Å². The molecular weight excluding hydrogens is 743 g/mol. The number of carbonyl (C=O) groups is 3. The number of nitrogens with zero attached hydrogens (tertiary/aromatic N) is 5. The topological polar surface area (TPSA) is 166 Å². The van der Waals surface area contributed by atoms with Crippen LogP contribution in [0.25, 0.3) is 0 Å². The summed E-state index contributed by atoms with van der Waals surface area (Å²) in [4.78, 5) is 68.8. The number of hydrogen-bond acceptors (Lipinski definition) is 9. The number of benzene rings is 4. The van der Waals surface area contributed by atoms with Gasteiger partial charge in [0.05, 0.1) is 53.7 Å². The van der Waals surface area contributed by atoms with Crippen molar-refractivity contribution in [1.29, 1.82) is 0 Å². The maximum absolute atomic E-state index is 15.0. The van der Waals surface area contributed by atoms with E-state index in [1.54, 1.807) is 41.1 Å². The second-order valence-electron chi connectivity index (χ2n) is 16.0. The summed E-state index contributed by atoms with van der Waals surface area (Å²) in [7, 11) is -3.17. The molecule has 4 aromatic carbocycles. The molecule has 8 rings (SSSR count). The van der Waals surface area contributed by atoms with Crippen molar-refractivity contribution in [3.63, 3.8) is 0 Å². The number of nitro groups is 1. The van der Waals surface area contributed by atoms with Gasteiger partial charge in [0.2, 0.25) is 11.8 Å². The average molecular weight is 788 g/mol. The number of aliphatic hydroxyl groups excluding tert-OH is 1. The molecule has 4 aliphatic rings. The Hall–Kier alpha value is -5.54. The molecule has 0 unspecified atom stereocenters. The summed E-state index contributed by atoms with van der Waals surface area (Å²) < 4.78 is 6.85. The van der Waals surface area contributed by atoms with Gasteiger partial charge >= 0.3 is 0 Å². The largest absolute Gasteiger partial charge is 0.432 e. The van der Waals surface area contributed by atoms with E-state index in [0.717, 1.165) is 28.0 Å². The molecule has 13 nitrogen and oxygen atoms in total. The molecule has 1 spiro atoms. The molecule has 294 valence electrons. The number of rotatable bonds is 9. The summed E-state index contributed by atoms with van der Waals surface area (Å²) in [6, 6.07) is 28.6. The Morgan fingerprint density at radius 1 is 0.982 bits per heavy atom. The molecule has 0 aliphatic carbocycles. The number of ether oxygens (including phenoxy) is 1. The lowest BCUT2D eigenvalue weighted by atomic mass is 9.82. The molecule has 0 aromatic heterocycles. The lowest BCUT2D eigenvalue weighted by Crippen LogP contribution is -2.48. The Balaban J connectivity index is 1.10. The highest BCUT2D eigenvalue weighted by Gasteiger charge is 2.67. The highest BCUT2D eigenvalue weighted by atomic mass is 28.4. The van der Waals surface area contributed by atoms with Gasteiger partial charge in [0.15, 0.2) is 13.9 Å². The first-order chi connectivity index (χ1) is 27.3. The summed E-state index contributed by atoms with van der Waals surface area (Å²) in [6.45, 7) is 5.52. The molecular formula is C43H45N5O8Si. The van der Waals surface area contributed by atoms with Crippen LogP contribution in [0.1, 0.15) is 54.0 Å². The van der Waals surface area contributed by atoms with E-state index in [4.69, 9.17) is 4.74 Å². The predicted molar refractivity (Wildman–Crippen MR) is 216 cm³/mol. The van der Waals surface area contributed by atoms with Crippen LogP contribution >= 0.6 is 0 Å². The molecule has 1 saturated heterocycles. The molecule has 5 atom stereocenters. The Morgan fingerprint density at radius 2 is 1.68 bits per heavy atom. The summed E-state index contributed by atoms with van der Waals surface area (Å²) >= 11 is 0. The van der Waals surface area contributed by atoms with Crippen molar-refractivity contribution in [2.45, 2.75) is 82.1 Å². The minimum absolute atomic E-state index is 0.0911. The Morgan fingerprint density at radius 3 is 2.37 bits per heavy atom. The van der Waals surface area contributed by atoms with E-state index in [-0.39, 0.29) is 37.1 Å². The summed E-state index contributed by atoms with van der Waals surface area (Å²) in [5, 5.41) is 28.5. The van der Waals surface area contributed by atoms with Crippen molar-refractivity contribution < 1.29 is 33.9 Å². The molecule has 0 bridgehead atoms. The van der Waals surface area contributed by atoms with E-state index in [2.05, 4.69) is 5.10 Å². The fourth-order valence-corrected chi connectivity index (χ4v) is 11.9. The molecule has 0 saturated carbocycles. The van der Waals surface area contributed by atoms with Crippen LogP contribution in [0.2, 0.25) is 18.6 Å². The zero-order valence-corrected chi connectivity index (χ0v) is 33.1. The normalized spacial score (nSPS) is 24.4. The second kappa shape index (κ2) is 14.8. The number of hydrogen-bond donors (Lipinski definition) is 2. The Labute approximate surface area is 331 Å². The van der Waals surface area contributed by atoms with Crippen LogP contribution in [0.5, 0.6) is 0 Å². The van der Waals surface area contributed by atoms with Crippen molar-refractivity contribution in [3.8, 4) is 0 Å². The van der Waals surface area contributed by atoms with Crippen LogP contribution in [0.3, 0.4) is 0 Å². The third kappa shape index (κ3) is 6.75. The highest BCUT2D eigenvalue weighted by molar-refractivity contribution is 6.71. The fraction of sp³-hybridized carbons (Fsp3) is 0.349. The number of amides is 3. The number of anilines is 2. The third-order valence-corrected chi connectivity index (χ3v) is 14.6. The van der Waals surface area contributed by atoms with Gasteiger partial charge in [-0.1, -0.05) is 73.7 Å².